The monoisotopic (exact) mass is 458 g/mol. The predicted molar refractivity (Wildman–Crippen MR) is 121 cm³/mol. The number of hydrogen-bond acceptors (Lipinski definition) is 6. The number of carbonyl (C=O) groups is 2. The average Bonchev–Trinajstić information content (AvgIpc) is 3.12. The Kier molecular flexibility index (Phi) is 4.82. The summed E-state index contributed by atoms with van der Waals surface area (Å²) in [7, 11) is 0. The highest BCUT2D eigenvalue weighted by Crippen LogP contribution is 2.41. The minimum absolute atomic E-state index is 0.00703. The van der Waals surface area contributed by atoms with Gasteiger partial charge in [0, 0.05) is 23.4 Å². The summed E-state index contributed by atoms with van der Waals surface area (Å²) in [5, 5.41) is 11.1. The van der Waals surface area contributed by atoms with Crippen molar-refractivity contribution in [3.05, 3.63) is 115 Å². The van der Waals surface area contributed by atoms with E-state index in [2.05, 4.69) is 0 Å². The lowest BCUT2D eigenvalue weighted by Gasteiger charge is -2.25. The van der Waals surface area contributed by atoms with Gasteiger partial charge in [0.1, 0.15) is 11.4 Å². The average molecular weight is 458 g/mol. The Bertz CT molecular complexity index is 1560. The summed E-state index contributed by atoms with van der Waals surface area (Å²) in [6, 6.07) is 14.2. The van der Waals surface area contributed by atoms with E-state index in [-0.39, 0.29) is 33.8 Å². The highest BCUT2D eigenvalue weighted by Gasteiger charge is 2.43. The van der Waals surface area contributed by atoms with Crippen LogP contribution in [-0.2, 0) is 0 Å². The zero-order valence-corrected chi connectivity index (χ0v) is 17.7. The fourth-order valence-electron chi connectivity index (χ4n) is 4.16. The number of nitro groups is 1. The number of nitrogens with zero attached hydrogens (tertiary/aromatic N) is 2. The van der Waals surface area contributed by atoms with Crippen LogP contribution in [0.25, 0.3) is 11.0 Å². The number of amides is 1. The molecule has 0 aliphatic carbocycles. The van der Waals surface area contributed by atoms with Crippen LogP contribution in [-0.4, -0.2) is 16.6 Å². The molecule has 1 aliphatic heterocycles. The molecular weight excluding hydrogens is 443 g/mol. The number of hydrogen-bond donors (Lipinski definition) is 0. The van der Waals surface area contributed by atoms with Gasteiger partial charge in [-0.15, -0.1) is 0 Å². The Hall–Kier alpha value is -4.66. The zero-order valence-electron chi connectivity index (χ0n) is 17.7. The first-order valence-corrected chi connectivity index (χ1v) is 10.2. The van der Waals surface area contributed by atoms with E-state index < -0.39 is 28.1 Å². The third-order valence-corrected chi connectivity index (χ3v) is 5.80. The van der Waals surface area contributed by atoms with Crippen molar-refractivity contribution in [2.75, 3.05) is 4.90 Å². The van der Waals surface area contributed by atoms with Crippen LogP contribution in [0.3, 0.4) is 0 Å². The standard InChI is InChI=1S/C25H15FN2O6/c1-13(29)14-2-7-17(8-3-14)27-22(15-4-9-18(10-5-15)28(32)33)21-23(30)19-12-16(26)6-11-20(19)34-24(21)25(27)31/h2-12,22H,1H3. The maximum absolute atomic E-state index is 13.9. The molecule has 168 valence electrons. The van der Waals surface area contributed by atoms with Gasteiger partial charge in [-0.2, -0.15) is 0 Å². The van der Waals surface area contributed by atoms with Gasteiger partial charge in [-0.3, -0.25) is 29.4 Å². The molecule has 5 rings (SSSR count). The van der Waals surface area contributed by atoms with Crippen LogP contribution >= 0.6 is 0 Å². The molecule has 1 unspecified atom stereocenters. The van der Waals surface area contributed by atoms with Crippen LogP contribution in [0, 0.1) is 15.9 Å². The number of anilines is 1. The largest absolute Gasteiger partial charge is 0.450 e. The minimum atomic E-state index is -0.976. The summed E-state index contributed by atoms with van der Waals surface area (Å²) in [4.78, 5) is 50.5. The Morgan fingerprint density at radius 3 is 2.32 bits per heavy atom. The van der Waals surface area contributed by atoms with Gasteiger partial charge in [0.25, 0.3) is 11.6 Å². The summed E-state index contributed by atoms with van der Waals surface area (Å²) in [5.41, 5.74) is 0.599. The number of carbonyl (C=O) groups excluding carboxylic acids is 2. The number of nitro benzene ring substituents is 1. The number of benzene rings is 3. The van der Waals surface area contributed by atoms with E-state index in [1.54, 1.807) is 24.3 Å². The van der Waals surface area contributed by atoms with Gasteiger partial charge < -0.3 is 4.42 Å². The molecule has 0 saturated carbocycles. The third kappa shape index (κ3) is 3.25. The van der Waals surface area contributed by atoms with Gasteiger partial charge in [-0.1, -0.05) is 0 Å². The summed E-state index contributed by atoms with van der Waals surface area (Å²) < 4.78 is 19.6. The smallest absolute Gasteiger partial charge is 0.295 e. The molecule has 0 radical (unpaired) electrons. The van der Waals surface area contributed by atoms with Gasteiger partial charge in [-0.05, 0) is 67.1 Å². The fraction of sp³-hybridized carbons (Fsp3) is 0.0800. The molecule has 9 heteroatoms. The number of non-ortho nitro benzene ring substituents is 1. The lowest BCUT2D eigenvalue weighted by Crippen LogP contribution is -2.29. The molecule has 1 aliphatic rings. The predicted octanol–water partition coefficient (Wildman–Crippen LogP) is 4.79. The second-order valence-corrected chi connectivity index (χ2v) is 7.84. The molecule has 0 N–H and O–H groups in total. The maximum Gasteiger partial charge on any atom is 0.295 e. The molecule has 34 heavy (non-hydrogen) atoms. The lowest BCUT2D eigenvalue weighted by atomic mass is 9.98. The van der Waals surface area contributed by atoms with Crippen LogP contribution in [0.1, 0.15) is 45.0 Å². The first kappa shape index (κ1) is 21.2. The Morgan fingerprint density at radius 2 is 1.71 bits per heavy atom. The molecule has 3 aromatic carbocycles. The van der Waals surface area contributed by atoms with Crippen LogP contribution < -0.4 is 10.3 Å². The Balaban J connectivity index is 1.76. The SMILES string of the molecule is CC(=O)c1ccc(N2C(=O)c3oc4ccc(F)cc4c(=O)c3C2c2ccc([N+](=O)[O-])cc2)cc1. The molecule has 0 saturated heterocycles. The lowest BCUT2D eigenvalue weighted by molar-refractivity contribution is -0.384. The van der Waals surface area contributed by atoms with E-state index in [1.165, 1.54) is 42.2 Å². The summed E-state index contributed by atoms with van der Waals surface area (Å²) >= 11 is 0. The molecule has 0 fully saturated rings. The molecular formula is C25H15FN2O6. The first-order valence-electron chi connectivity index (χ1n) is 10.2. The van der Waals surface area contributed by atoms with E-state index in [1.807, 2.05) is 0 Å². The fourth-order valence-corrected chi connectivity index (χ4v) is 4.16. The van der Waals surface area contributed by atoms with E-state index in [9.17, 15) is 28.9 Å². The van der Waals surface area contributed by atoms with E-state index in [0.29, 0.717) is 16.8 Å². The topological polar surface area (TPSA) is 111 Å². The second-order valence-electron chi connectivity index (χ2n) is 7.84. The van der Waals surface area contributed by atoms with Gasteiger partial charge in [0.2, 0.25) is 5.76 Å². The Labute approximate surface area is 191 Å². The van der Waals surface area contributed by atoms with Crippen LogP contribution in [0.4, 0.5) is 15.8 Å². The van der Waals surface area contributed by atoms with Gasteiger partial charge >= 0.3 is 0 Å². The summed E-state index contributed by atoms with van der Waals surface area (Å²) in [6.07, 6.45) is 0. The van der Waals surface area contributed by atoms with Crippen molar-refractivity contribution in [2.45, 2.75) is 13.0 Å². The van der Waals surface area contributed by atoms with E-state index in [0.717, 1.165) is 12.1 Å². The molecule has 1 aromatic heterocycles. The van der Waals surface area contributed by atoms with Crippen molar-refractivity contribution in [3.63, 3.8) is 0 Å². The summed E-state index contributed by atoms with van der Waals surface area (Å²) in [6.45, 7) is 1.42. The molecule has 0 bridgehead atoms. The zero-order chi connectivity index (χ0) is 24.1. The maximum atomic E-state index is 13.9. The van der Waals surface area contributed by atoms with Crippen molar-refractivity contribution < 1.29 is 23.3 Å². The third-order valence-electron chi connectivity index (χ3n) is 5.80. The quantitative estimate of drug-likeness (QED) is 0.247. The molecule has 4 aromatic rings. The van der Waals surface area contributed by atoms with E-state index >= 15 is 0 Å². The van der Waals surface area contributed by atoms with Crippen LogP contribution in [0.2, 0.25) is 0 Å². The number of Topliss-reactive ketones (excluding diaryl/α,β-unsaturated/α-hetero) is 1. The molecule has 1 amide bonds. The molecule has 1 atom stereocenters. The Morgan fingerprint density at radius 1 is 1.03 bits per heavy atom. The highest BCUT2D eigenvalue weighted by atomic mass is 19.1. The van der Waals surface area contributed by atoms with Crippen molar-refractivity contribution >= 4 is 34.0 Å². The van der Waals surface area contributed by atoms with Crippen LogP contribution in [0.15, 0.2) is 75.9 Å². The van der Waals surface area contributed by atoms with Crippen molar-refractivity contribution in [1.29, 1.82) is 0 Å². The molecule has 0 spiro atoms. The van der Waals surface area contributed by atoms with E-state index in [4.69, 9.17) is 4.42 Å². The van der Waals surface area contributed by atoms with Crippen LogP contribution in [0.5, 0.6) is 0 Å². The van der Waals surface area contributed by atoms with Crippen molar-refractivity contribution in [3.8, 4) is 0 Å². The number of ketones is 1. The number of fused-ring (bicyclic) bond motifs is 2. The first-order chi connectivity index (χ1) is 16.3. The minimum Gasteiger partial charge on any atom is -0.450 e. The molecule has 8 nitrogen and oxygen atoms in total. The van der Waals surface area contributed by atoms with Gasteiger partial charge in [-0.25, -0.2) is 4.39 Å². The number of halogens is 1. The van der Waals surface area contributed by atoms with Crippen molar-refractivity contribution in [2.24, 2.45) is 0 Å². The number of rotatable bonds is 4. The second kappa shape index (κ2) is 7.73. The van der Waals surface area contributed by atoms with Gasteiger partial charge in [0.15, 0.2) is 11.2 Å². The van der Waals surface area contributed by atoms with Crippen molar-refractivity contribution in [1.82, 2.24) is 0 Å². The highest BCUT2D eigenvalue weighted by molar-refractivity contribution is 6.11. The normalized spacial score (nSPS) is 14.9. The van der Waals surface area contributed by atoms with Gasteiger partial charge in [0.05, 0.1) is 21.9 Å². The molecule has 2 heterocycles. The summed E-state index contributed by atoms with van der Waals surface area (Å²) in [5.74, 6) is -1.58.